The van der Waals surface area contributed by atoms with Crippen LogP contribution in [-0.2, 0) is 11.3 Å². The number of fused-ring (bicyclic) bond motifs is 1. The van der Waals surface area contributed by atoms with Gasteiger partial charge >= 0.3 is 5.69 Å². The van der Waals surface area contributed by atoms with Gasteiger partial charge in [-0.2, -0.15) is 0 Å². The quantitative estimate of drug-likeness (QED) is 0.533. The summed E-state index contributed by atoms with van der Waals surface area (Å²) >= 11 is 1.28. The lowest BCUT2D eigenvalue weighted by Crippen LogP contribution is -2.38. The molecule has 0 saturated heterocycles. The van der Waals surface area contributed by atoms with Crippen LogP contribution in [0, 0.1) is 24.0 Å². The fourth-order valence-electron chi connectivity index (χ4n) is 2.50. The molecule has 0 atom stereocenters. The van der Waals surface area contributed by atoms with Gasteiger partial charge in [0, 0.05) is 17.0 Å². The SMILES string of the molecule is Cc1cc2c(=O)n(CC(=O)Nc3cc([N+](=O)[O-])ccc3C)c(=O)[nH]c2s1. The first-order valence-electron chi connectivity index (χ1n) is 7.54. The molecule has 0 saturated carbocycles. The highest BCUT2D eigenvalue weighted by atomic mass is 32.1. The van der Waals surface area contributed by atoms with Gasteiger partial charge in [0.1, 0.15) is 11.4 Å². The summed E-state index contributed by atoms with van der Waals surface area (Å²) in [4.78, 5) is 51.0. The average Bonchev–Trinajstić information content (AvgIpc) is 2.93. The van der Waals surface area contributed by atoms with Crippen LogP contribution in [0.5, 0.6) is 0 Å². The molecular weight excluding hydrogens is 360 g/mol. The number of benzene rings is 1. The molecular formula is C16H14N4O5S. The summed E-state index contributed by atoms with van der Waals surface area (Å²) in [6.45, 7) is 2.99. The van der Waals surface area contributed by atoms with Crippen LogP contribution in [0.2, 0.25) is 0 Å². The molecule has 0 spiro atoms. The monoisotopic (exact) mass is 374 g/mol. The van der Waals surface area contributed by atoms with E-state index in [-0.39, 0.29) is 11.4 Å². The van der Waals surface area contributed by atoms with Crippen molar-refractivity contribution in [3.05, 3.63) is 65.7 Å². The van der Waals surface area contributed by atoms with Gasteiger partial charge in [-0.25, -0.2) is 4.79 Å². The predicted octanol–water partition coefficient (Wildman–Crippen LogP) is 1.92. The van der Waals surface area contributed by atoms with Gasteiger partial charge in [-0.3, -0.25) is 29.3 Å². The Kier molecular flexibility index (Phi) is 4.43. The average molecular weight is 374 g/mol. The summed E-state index contributed by atoms with van der Waals surface area (Å²) in [5.41, 5.74) is -0.541. The predicted molar refractivity (Wildman–Crippen MR) is 97.9 cm³/mol. The molecule has 0 aliphatic rings. The second kappa shape index (κ2) is 6.56. The van der Waals surface area contributed by atoms with Crippen LogP contribution in [-0.4, -0.2) is 20.4 Å². The molecule has 0 bridgehead atoms. The van der Waals surface area contributed by atoms with Gasteiger partial charge < -0.3 is 5.32 Å². The van der Waals surface area contributed by atoms with E-state index in [9.17, 15) is 24.5 Å². The van der Waals surface area contributed by atoms with Gasteiger partial charge in [-0.05, 0) is 25.5 Å². The van der Waals surface area contributed by atoms with Crippen molar-refractivity contribution >= 4 is 38.8 Å². The standard InChI is InChI=1S/C16H14N4O5S/c1-8-3-4-10(20(24)25)6-12(8)17-13(21)7-19-15(22)11-5-9(2)26-14(11)18-16(19)23/h3-6H,7H2,1-2H3,(H,17,21)(H,18,23). The van der Waals surface area contributed by atoms with E-state index in [1.807, 2.05) is 6.92 Å². The summed E-state index contributed by atoms with van der Waals surface area (Å²) in [7, 11) is 0. The van der Waals surface area contributed by atoms with E-state index in [0.29, 0.717) is 15.8 Å². The number of H-pyrrole nitrogens is 1. The van der Waals surface area contributed by atoms with E-state index in [2.05, 4.69) is 10.3 Å². The molecule has 2 N–H and O–H groups in total. The van der Waals surface area contributed by atoms with Crippen LogP contribution in [0.4, 0.5) is 11.4 Å². The molecule has 0 radical (unpaired) electrons. The summed E-state index contributed by atoms with van der Waals surface area (Å²) in [5, 5.41) is 13.7. The third-order valence-electron chi connectivity index (χ3n) is 3.80. The summed E-state index contributed by atoms with van der Waals surface area (Å²) in [6.07, 6.45) is 0. The van der Waals surface area contributed by atoms with Crippen LogP contribution < -0.4 is 16.6 Å². The molecule has 2 aromatic heterocycles. The van der Waals surface area contributed by atoms with Crippen molar-refractivity contribution in [2.24, 2.45) is 0 Å². The zero-order valence-electron chi connectivity index (χ0n) is 13.9. The number of aromatic nitrogens is 2. The Morgan fingerprint density at radius 2 is 2.04 bits per heavy atom. The number of non-ortho nitro benzene ring substituents is 1. The number of amides is 1. The Morgan fingerprint density at radius 1 is 1.31 bits per heavy atom. The highest BCUT2D eigenvalue weighted by molar-refractivity contribution is 7.18. The van der Waals surface area contributed by atoms with Gasteiger partial charge in [0.25, 0.3) is 11.2 Å². The lowest BCUT2D eigenvalue weighted by molar-refractivity contribution is -0.384. The number of thiophene rings is 1. The number of aromatic amines is 1. The van der Waals surface area contributed by atoms with Gasteiger partial charge in [-0.15, -0.1) is 11.3 Å². The van der Waals surface area contributed by atoms with E-state index >= 15 is 0 Å². The fraction of sp³-hybridized carbons (Fsp3) is 0.188. The molecule has 134 valence electrons. The molecule has 9 nitrogen and oxygen atoms in total. The van der Waals surface area contributed by atoms with E-state index in [0.717, 1.165) is 9.44 Å². The maximum absolute atomic E-state index is 12.4. The molecule has 0 unspecified atom stereocenters. The number of anilines is 1. The molecule has 3 rings (SSSR count). The van der Waals surface area contributed by atoms with E-state index in [1.54, 1.807) is 13.0 Å². The summed E-state index contributed by atoms with van der Waals surface area (Å²) in [6, 6.07) is 5.71. The number of hydrogen-bond acceptors (Lipinski definition) is 6. The number of nitrogens with one attached hydrogen (secondary N) is 2. The van der Waals surface area contributed by atoms with Crippen LogP contribution in [0.1, 0.15) is 10.4 Å². The number of nitrogens with zero attached hydrogens (tertiary/aromatic N) is 2. The first-order valence-corrected chi connectivity index (χ1v) is 8.36. The third kappa shape index (κ3) is 3.26. The van der Waals surface area contributed by atoms with E-state index in [1.165, 1.54) is 29.5 Å². The minimum atomic E-state index is -0.685. The Hall–Kier alpha value is -3.27. The van der Waals surface area contributed by atoms with Gasteiger partial charge in [-0.1, -0.05) is 6.07 Å². The number of aryl methyl sites for hydroxylation is 2. The number of carbonyl (C=O) groups excluding carboxylic acids is 1. The van der Waals surface area contributed by atoms with Gasteiger partial charge in [0.2, 0.25) is 5.91 Å². The molecule has 0 aliphatic heterocycles. The molecule has 3 aromatic rings. The third-order valence-corrected chi connectivity index (χ3v) is 4.77. The van der Waals surface area contributed by atoms with Crippen molar-refractivity contribution in [2.75, 3.05) is 5.32 Å². The molecule has 26 heavy (non-hydrogen) atoms. The smallest absolute Gasteiger partial charge is 0.324 e. The first kappa shape index (κ1) is 17.5. The summed E-state index contributed by atoms with van der Waals surface area (Å²) < 4.78 is 0.802. The topological polar surface area (TPSA) is 127 Å². The molecule has 0 aliphatic carbocycles. The van der Waals surface area contributed by atoms with Gasteiger partial charge in [0.15, 0.2) is 0 Å². The number of carbonyl (C=O) groups is 1. The fourth-order valence-corrected chi connectivity index (χ4v) is 3.40. The molecule has 10 heteroatoms. The minimum absolute atomic E-state index is 0.170. The van der Waals surface area contributed by atoms with Crippen molar-refractivity contribution in [1.29, 1.82) is 0 Å². The summed E-state index contributed by atoms with van der Waals surface area (Å²) in [5.74, 6) is -0.632. The van der Waals surface area contributed by atoms with Crippen molar-refractivity contribution < 1.29 is 9.72 Å². The van der Waals surface area contributed by atoms with Crippen molar-refractivity contribution in [1.82, 2.24) is 9.55 Å². The van der Waals surface area contributed by atoms with Crippen molar-refractivity contribution in [3.8, 4) is 0 Å². The Morgan fingerprint density at radius 3 is 2.73 bits per heavy atom. The molecule has 1 aromatic carbocycles. The Labute approximate surface area is 150 Å². The van der Waals surface area contributed by atoms with Crippen LogP contribution in [0.25, 0.3) is 10.2 Å². The first-order chi connectivity index (χ1) is 12.3. The largest absolute Gasteiger partial charge is 0.329 e. The number of nitro groups is 1. The molecule has 2 heterocycles. The zero-order valence-corrected chi connectivity index (χ0v) is 14.7. The molecule has 1 amide bonds. The van der Waals surface area contributed by atoms with E-state index < -0.39 is 28.6 Å². The normalized spacial score (nSPS) is 10.8. The zero-order chi connectivity index (χ0) is 19.0. The number of hydrogen-bond donors (Lipinski definition) is 2. The molecule has 0 fully saturated rings. The van der Waals surface area contributed by atoms with Crippen molar-refractivity contribution in [3.63, 3.8) is 0 Å². The second-order valence-corrected chi connectivity index (χ2v) is 6.98. The lowest BCUT2D eigenvalue weighted by atomic mass is 10.2. The maximum Gasteiger partial charge on any atom is 0.329 e. The lowest BCUT2D eigenvalue weighted by Gasteiger charge is -2.09. The van der Waals surface area contributed by atoms with Crippen molar-refractivity contribution in [2.45, 2.75) is 20.4 Å². The van der Waals surface area contributed by atoms with Crippen LogP contribution in [0.15, 0.2) is 33.9 Å². The second-order valence-electron chi connectivity index (χ2n) is 5.73. The van der Waals surface area contributed by atoms with Crippen LogP contribution in [0.3, 0.4) is 0 Å². The minimum Gasteiger partial charge on any atom is -0.324 e. The van der Waals surface area contributed by atoms with Gasteiger partial charge in [0.05, 0.1) is 16.0 Å². The highest BCUT2D eigenvalue weighted by Crippen LogP contribution is 2.22. The van der Waals surface area contributed by atoms with E-state index in [4.69, 9.17) is 0 Å². The number of nitro benzene ring substituents is 1. The highest BCUT2D eigenvalue weighted by Gasteiger charge is 2.15. The maximum atomic E-state index is 12.4. The Balaban J connectivity index is 1.91. The Bertz CT molecular complexity index is 1160. The number of rotatable bonds is 4. The van der Waals surface area contributed by atoms with Crippen LogP contribution >= 0.6 is 11.3 Å².